The summed E-state index contributed by atoms with van der Waals surface area (Å²) in [7, 11) is 0. The van der Waals surface area contributed by atoms with E-state index in [-0.39, 0.29) is 6.54 Å². The number of nitrogens with one attached hydrogen (secondary N) is 1. The molecule has 92 valence electrons. The maximum atomic E-state index is 13.1. The van der Waals surface area contributed by atoms with Crippen molar-refractivity contribution in [1.82, 2.24) is 5.32 Å². The monoisotopic (exact) mass is 303 g/mol. The molecule has 17 heavy (non-hydrogen) atoms. The van der Waals surface area contributed by atoms with Crippen molar-refractivity contribution in [3.8, 4) is 0 Å². The fraction of sp³-hybridized carbons (Fsp3) is 0.273. The van der Waals surface area contributed by atoms with E-state index in [1.54, 1.807) is 6.07 Å². The quantitative estimate of drug-likeness (QED) is 0.835. The largest absolute Gasteiger partial charge is 0.481 e. The van der Waals surface area contributed by atoms with Crippen LogP contribution in [0.4, 0.5) is 4.39 Å². The predicted octanol–water partition coefficient (Wildman–Crippen LogP) is 1.93. The van der Waals surface area contributed by atoms with Crippen LogP contribution in [0.25, 0.3) is 0 Å². The Labute approximate surface area is 106 Å². The topological polar surface area (TPSA) is 66.4 Å². The van der Waals surface area contributed by atoms with Gasteiger partial charge in [-0.05, 0) is 40.5 Å². The Bertz CT molecular complexity index is 450. The van der Waals surface area contributed by atoms with Gasteiger partial charge in [-0.2, -0.15) is 0 Å². The molecule has 0 bridgehead atoms. The van der Waals surface area contributed by atoms with Crippen molar-refractivity contribution in [3.05, 3.63) is 34.1 Å². The number of carbonyl (C=O) groups is 2. The van der Waals surface area contributed by atoms with Gasteiger partial charge in [0.15, 0.2) is 0 Å². The van der Waals surface area contributed by atoms with E-state index < -0.39 is 23.6 Å². The zero-order chi connectivity index (χ0) is 13.0. The lowest BCUT2D eigenvalue weighted by Gasteiger charge is -2.08. The van der Waals surface area contributed by atoms with Gasteiger partial charge in [-0.1, -0.05) is 6.07 Å². The van der Waals surface area contributed by atoms with Crippen LogP contribution in [0.3, 0.4) is 0 Å². The Hall–Kier alpha value is -1.43. The first kappa shape index (κ1) is 13.6. The average molecular weight is 304 g/mol. The van der Waals surface area contributed by atoms with Gasteiger partial charge in [0, 0.05) is 6.54 Å². The predicted molar refractivity (Wildman–Crippen MR) is 62.7 cm³/mol. The molecule has 2 N–H and O–H groups in total. The highest BCUT2D eigenvalue weighted by Gasteiger charge is 2.19. The molecule has 0 heterocycles. The smallest absolute Gasteiger partial charge is 0.315 e. The first-order valence-electron chi connectivity index (χ1n) is 4.86. The number of rotatable bonds is 4. The lowest BCUT2D eigenvalue weighted by molar-refractivity contribution is -0.146. The lowest BCUT2D eigenvalue weighted by Crippen LogP contribution is -2.33. The minimum absolute atomic E-state index is 0.0979. The van der Waals surface area contributed by atoms with Gasteiger partial charge in [0.1, 0.15) is 11.7 Å². The van der Waals surface area contributed by atoms with E-state index in [4.69, 9.17) is 5.11 Å². The van der Waals surface area contributed by atoms with Gasteiger partial charge in [0.25, 0.3) is 0 Å². The van der Waals surface area contributed by atoms with Crippen molar-refractivity contribution in [2.24, 2.45) is 5.92 Å². The third-order valence-corrected chi connectivity index (χ3v) is 2.86. The Morgan fingerprint density at radius 3 is 2.71 bits per heavy atom. The Balaban J connectivity index is 2.59. The van der Waals surface area contributed by atoms with Crippen LogP contribution in [0.15, 0.2) is 22.7 Å². The first-order valence-corrected chi connectivity index (χ1v) is 5.65. The molecule has 1 aromatic carbocycles. The molecule has 0 fully saturated rings. The molecule has 0 aliphatic carbocycles. The third kappa shape index (κ3) is 3.81. The highest BCUT2D eigenvalue weighted by atomic mass is 79.9. The summed E-state index contributed by atoms with van der Waals surface area (Å²) in [5.41, 5.74) is 0.566. The summed E-state index contributed by atoms with van der Waals surface area (Å²) < 4.78 is 13.5. The molecular formula is C11H11BrFNO3. The molecule has 1 unspecified atom stereocenters. The molecule has 0 spiro atoms. The number of aliphatic carboxylic acids is 1. The summed E-state index contributed by atoms with van der Waals surface area (Å²) in [4.78, 5) is 21.8. The SMILES string of the molecule is CC(C(=O)O)C(=O)NCc1ccc(Br)c(F)c1. The number of carboxylic acid groups (broad SMARTS) is 1. The van der Waals surface area contributed by atoms with E-state index in [9.17, 15) is 14.0 Å². The van der Waals surface area contributed by atoms with E-state index in [1.807, 2.05) is 0 Å². The van der Waals surface area contributed by atoms with E-state index in [0.717, 1.165) is 0 Å². The second kappa shape index (κ2) is 5.77. The second-order valence-corrected chi connectivity index (χ2v) is 4.38. The first-order chi connectivity index (χ1) is 7.91. The molecule has 0 aromatic heterocycles. The molecule has 0 saturated carbocycles. The van der Waals surface area contributed by atoms with Crippen LogP contribution in [0.2, 0.25) is 0 Å². The molecule has 0 radical (unpaired) electrons. The van der Waals surface area contributed by atoms with Crippen LogP contribution in [-0.4, -0.2) is 17.0 Å². The minimum Gasteiger partial charge on any atom is -0.481 e. The van der Waals surface area contributed by atoms with Crippen LogP contribution in [-0.2, 0) is 16.1 Å². The summed E-state index contributed by atoms with van der Waals surface area (Å²) in [5, 5.41) is 11.0. The van der Waals surface area contributed by atoms with Crippen LogP contribution >= 0.6 is 15.9 Å². The van der Waals surface area contributed by atoms with Gasteiger partial charge in [-0.15, -0.1) is 0 Å². The molecule has 0 aliphatic rings. The second-order valence-electron chi connectivity index (χ2n) is 3.53. The van der Waals surface area contributed by atoms with Crippen molar-refractivity contribution in [2.75, 3.05) is 0 Å². The van der Waals surface area contributed by atoms with Crippen LogP contribution in [0.5, 0.6) is 0 Å². The van der Waals surface area contributed by atoms with Crippen molar-refractivity contribution in [2.45, 2.75) is 13.5 Å². The molecule has 1 rings (SSSR count). The Morgan fingerprint density at radius 1 is 1.53 bits per heavy atom. The normalized spacial score (nSPS) is 11.9. The number of amides is 1. The van der Waals surface area contributed by atoms with Gasteiger partial charge in [0.2, 0.25) is 5.91 Å². The van der Waals surface area contributed by atoms with Crippen molar-refractivity contribution in [3.63, 3.8) is 0 Å². The van der Waals surface area contributed by atoms with E-state index >= 15 is 0 Å². The zero-order valence-corrected chi connectivity index (χ0v) is 10.6. The number of halogens is 2. The Kier molecular flexibility index (Phi) is 4.62. The van der Waals surface area contributed by atoms with Gasteiger partial charge >= 0.3 is 5.97 Å². The summed E-state index contributed by atoms with van der Waals surface area (Å²) in [6.07, 6.45) is 0. The third-order valence-electron chi connectivity index (χ3n) is 2.21. The number of hydrogen-bond acceptors (Lipinski definition) is 2. The fourth-order valence-corrected chi connectivity index (χ4v) is 1.35. The van der Waals surface area contributed by atoms with Gasteiger partial charge in [0.05, 0.1) is 4.47 Å². The van der Waals surface area contributed by atoms with E-state index in [0.29, 0.717) is 10.0 Å². The number of benzene rings is 1. The Morgan fingerprint density at radius 2 is 2.18 bits per heavy atom. The maximum Gasteiger partial charge on any atom is 0.315 e. The van der Waals surface area contributed by atoms with Crippen molar-refractivity contribution < 1.29 is 19.1 Å². The maximum absolute atomic E-state index is 13.1. The van der Waals surface area contributed by atoms with Gasteiger partial charge < -0.3 is 10.4 Å². The van der Waals surface area contributed by atoms with E-state index in [2.05, 4.69) is 21.2 Å². The number of carbonyl (C=O) groups excluding carboxylic acids is 1. The molecule has 1 aromatic rings. The average Bonchev–Trinajstić information content (AvgIpc) is 2.29. The van der Waals surface area contributed by atoms with Crippen molar-refractivity contribution >= 4 is 27.8 Å². The molecule has 1 amide bonds. The number of hydrogen-bond donors (Lipinski definition) is 2. The van der Waals surface area contributed by atoms with Crippen molar-refractivity contribution in [1.29, 1.82) is 0 Å². The zero-order valence-electron chi connectivity index (χ0n) is 9.04. The molecule has 0 aliphatic heterocycles. The summed E-state index contributed by atoms with van der Waals surface area (Å²) in [6, 6.07) is 4.44. The molecule has 6 heteroatoms. The van der Waals surface area contributed by atoms with Gasteiger partial charge in [-0.3, -0.25) is 9.59 Å². The number of carboxylic acids is 1. The fourth-order valence-electron chi connectivity index (χ4n) is 1.10. The minimum atomic E-state index is -1.19. The van der Waals surface area contributed by atoms with E-state index in [1.165, 1.54) is 19.1 Å². The highest BCUT2D eigenvalue weighted by Crippen LogP contribution is 2.16. The molecule has 1 atom stereocenters. The molecule has 4 nitrogen and oxygen atoms in total. The van der Waals surface area contributed by atoms with Crippen LogP contribution in [0.1, 0.15) is 12.5 Å². The highest BCUT2D eigenvalue weighted by molar-refractivity contribution is 9.10. The molecule has 0 saturated heterocycles. The van der Waals surface area contributed by atoms with Crippen LogP contribution in [0, 0.1) is 11.7 Å². The lowest BCUT2D eigenvalue weighted by atomic mass is 10.1. The standard InChI is InChI=1S/C11H11BrFNO3/c1-6(11(16)17)10(15)14-5-7-2-3-8(12)9(13)4-7/h2-4,6H,5H2,1H3,(H,14,15)(H,16,17). The summed E-state index contributed by atoms with van der Waals surface area (Å²) in [6.45, 7) is 1.39. The summed E-state index contributed by atoms with van der Waals surface area (Å²) in [5.74, 6) is -3.33. The van der Waals surface area contributed by atoms with Gasteiger partial charge in [-0.25, -0.2) is 4.39 Å². The molecular weight excluding hydrogens is 293 g/mol. The van der Waals surface area contributed by atoms with Crippen LogP contribution < -0.4 is 5.32 Å². The summed E-state index contributed by atoms with van der Waals surface area (Å²) >= 11 is 3.01.